The van der Waals surface area contributed by atoms with Crippen LogP contribution in [0.4, 0.5) is 0 Å². The Balaban J connectivity index is 2.11. The van der Waals surface area contributed by atoms with E-state index in [1.165, 1.54) is 0 Å². The summed E-state index contributed by atoms with van der Waals surface area (Å²) in [6.45, 7) is 7.66. The number of halogens is 1. The maximum atomic E-state index is 12.8. The molecule has 0 radical (unpaired) electrons. The Hall–Kier alpha value is -2.14. The number of carbonyl (C=O) groups excluding carboxylic acids is 2. The predicted octanol–water partition coefficient (Wildman–Crippen LogP) is 4.39. The third kappa shape index (κ3) is 4.94. The first-order valence-electron chi connectivity index (χ1n) is 8.72. The number of amides is 2. The zero-order valence-corrected chi connectivity index (χ0v) is 17.1. The summed E-state index contributed by atoms with van der Waals surface area (Å²) in [6.07, 6.45) is 0. The van der Waals surface area contributed by atoms with Gasteiger partial charge in [0.25, 0.3) is 5.91 Å². The van der Waals surface area contributed by atoms with Crippen molar-refractivity contribution in [2.24, 2.45) is 5.92 Å². The van der Waals surface area contributed by atoms with Gasteiger partial charge in [0, 0.05) is 10.0 Å². The second-order valence-electron chi connectivity index (χ2n) is 6.76. The number of hydrogen-bond acceptors (Lipinski definition) is 2. The molecule has 0 aliphatic rings. The number of hydrogen-bond donors (Lipinski definition) is 2. The van der Waals surface area contributed by atoms with Crippen LogP contribution in [-0.4, -0.2) is 17.9 Å². The summed E-state index contributed by atoms with van der Waals surface area (Å²) in [6, 6.07) is 14.4. The Labute approximate surface area is 163 Å². The minimum Gasteiger partial charge on any atom is -0.348 e. The van der Waals surface area contributed by atoms with Crippen LogP contribution in [0.2, 0.25) is 0 Å². The topological polar surface area (TPSA) is 58.2 Å². The first-order valence-corrected chi connectivity index (χ1v) is 9.52. The van der Waals surface area contributed by atoms with Crippen LogP contribution < -0.4 is 10.6 Å². The summed E-state index contributed by atoms with van der Waals surface area (Å²) < 4.78 is 0.942. The van der Waals surface area contributed by atoms with Crippen LogP contribution in [0.1, 0.15) is 48.3 Å². The SMILES string of the molecule is Cc1ccccc1C(=O)N[C@@H](C(=O)N[C@H](C)c1ccccc1Br)C(C)C. The molecule has 0 saturated heterocycles. The second kappa shape index (κ2) is 8.99. The van der Waals surface area contributed by atoms with Crippen LogP contribution in [-0.2, 0) is 4.79 Å². The van der Waals surface area contributed by atoms with Crippen LogP contribution in [0.5, 0.6) is 0 Å². The minimum atomic E-state index is -0.605. The molecule has 0 aliphatic heterocycles. The van der Waals surface area contributed by atoms with Crippen molar-refractivity contribution in [1.29, 1.82) is 0 Å². The lowest BCUT2D eigenvalue weighted by Crippen LogP contribution is -2.50. The number of rotatable bonds is 6. The Morgan fingerprint density at radius 2 is 1.54 bits per heavy atom. The van der Waals surface area contributed by atoms with Crippen LogP contribution in [0.3, 0.4) is 0 Å². The van der Waals surface area contributed by atoms with E-state index < -0.39 is 6.04 Å². The number of benzene rings is 2. The molecule has 4 nitrogen and oxygen atoms in total. The van der Waals surface area contributed by atoms with E-state index in [0.29, 0.717) is 5.56 Å². The standard InChI is InChI=1S/C21H25BrN2O2/c1-13(2)19(24-20(25)16-10-6-5-9-14(16)3)21(26)23-15(4)17-11-7-8-12-18(17)22/h5-13,15,19H,1-4H3,(H,23,26)(H,24,25)/t15-,19-/m1/s1. The quantitative estimate of drug-likeness (QED) is 0.733. The van der Waals surface area contributed by atoms with Crippen molar-refractivity contribution in [1.82, 2.24) is 10.6 Å². The fourth-order valence-corrected chi connectivity index (χ4v) is 3.42. The molecule has 2 aromatic carbocycles. The zero-order valence-electron chi connectivity index (χ0n) is 15.5. The molecule has 5 heteroatoms. The fourth-order valence-electron chi connectivity index (χ4n) is 2.79. The van der Waals surface area contributed by atoms with Gasteiger partial charge in [0.15, 0.2) is 0 Å². The fraction of sp³-hybridized carbons (Fsp3) is 0.333. The summed E-state index contributed by atoms with van der Waals surface area (Å²) in [4.78, 5) is 25.4. The Morgan fingerprint density at radius 1 is 0.923 bits per heavy atom. The Kier molecular flexibility index (Phi) is 6.98. The van der Waals surface area contributed by atoms with Crippen LogP contribution >= 0.6 is 15.9 Å². The van der Waals surface area contributed by atoms with Gasteiger partial charge in [-0.25, -0.2) is 0 Å². The molecule has 138 valence electrons. The molecule has 2 aromatic rings. The van der Waals surface area contributed by atoms with Gasteiger partial charge in [-0.15, -0.1) is 0 Å². The molecule has 0 aliphatic carbocycles. The molecule has 2 atom stereocenters. The second-order valence-corrected chi connectivity index (χ2v) is 7.62. The molecule has 2 amide bonds. The highest BCUT2D eigenvalue weighted by Crippen LogP contribution is 2.23. The third-order valence-electron chi connectivity index (χ3n) is 4.36. The van der Waals surface area contributed by atoms with E-state index in [0.717, 1.165) is 15.6 Å². The predicted molar refractivity (Wildman–Crippen MR) is 108 cm³/mol. The highest BCUT2D eigenvalue weighted by atomic mass is 79.9. The molecule has 26 heavy (non-hydrogen) atoms. The van der Waals surface area contributed by atoms with E-state index in [9.17, 15) is 9.59 Å². The molecule has 2 N–H and O–H groups in total. The molecule has 0 bridgehead atoms. The van der Waals surface area contributed by atoms with Crippen molar-refractivity contribution in [3.63, 3.8) is 0 Å². The van der Waals surface area contributed by atoms with Gasteiger partial charge < -0.3 is 10.6 Å². The van der Waals surface area contributed by atoms with Gasteiger partial charge >= 0.3 is 0 Å². The van der Waals surface area contributed by atoms with Crippen molar-refractivity contribution in [2.75, 3.05) is 0 Å². The minimum absolute atomic E-state index is 0.0330. The molecule has 0 unspecified atom stereocenters. The van der Waals surface area contributed by atoms with Gasteiger partial charge in [-0.1, -0.05) is 66.2 Å². The Morgan fingerprint density at radius 3 is 2.15 bits per heavy atom. The van der Waals surface area contributed by atoms with E-state index in [2.05, 4.69) is 26.6 Å². The highest BCUT2D eigenvalue weighted by Gasteiger charge is 2.26. The van der Waals surface area contributed by atoms with Gasteiger partial charge in [-0.2, -0.15) is 0 Å². The Bertz CT molecular complexity index is 789. The third-order valence-corrected chi connectivity index (χ3v) is 5.08. The van der Waals surface area contributed by atoms with Crippen LogP contribution in [0, 0.1) is 12.8 Å². The van der Waals surface area contributed by atoms with Gasteiger partial charge in [0.1, 0.15) is 6.04 Å². The summed E-state index contributed by atoms with van der Waals surface area (Å²) in [5.41, 5.74) is 2.47. The molecule has 0 heterocycles. The van der Waals surface area contributed by atoms with E-state index in [1.807, 2.05) is 70.2 Å². The number of nitrogens with one attached hydrogen (secondary N) is 2. The first kappa shape index (κ1) is 20.2. The average Bonchev–Trinajstić information content (AvgIpc) is 2.59. The normalized spacial score (nSPS) is 13.2. The molecule has 0 spiro atoms. The highest BCUT2D eigenvalue weighted by molar-refractivity contribution is 9.10. The van der Waals surface area contributed by atoms with Crippen LogP contribution in [0.25, 0.3) is 0 Å². The van der Waals surface area contributed by atoms with Crippen molar-refractivity contribution in [3.8, 4) is 0 Å². The van der Waals surface area contributed by atoms with Crippen molar-refractivity contribution < 1.29 is 9.59 Å². The van der Waals surface area contributed by atoms with Crippen molar-refractivity contribution in [3.05, 3.63) is 69.7 Å². The van der Waals surface area contributed by atoms with Gasteiger partial charge in [-0.3, -0.25) is 9.59 Å². The average molecular weight is 417 g/mol. The number of aryl methyl sites for hydroxylation is 1. The molecule has 0 saturated carbocycles. The van der Waals surface area contributed by atoms with E-state index in [1.54, 1.807) is 6.07 Å². The smallest absolute Gasteiger partial charge is 0.252 e. The number of carbonyl (C=O) groups is 2. The van der Waals surface area contributed by atoms with Gasteiger partial charge in [0.05, 0.1) is 6.04 Å². The maximum absolute atomic E-state index is 12.8. The monoisotopic (exact) mass is 416 g/mol. The molecule has 0 aromatic heterocycles. The lowest BCUT2D eigenvalue weighted by atomic mass is 10.0. The van der Waals surface area contributed by atoms with Crippen LogP contribution in [0.15, 0.2) is 53.0 Å². The van der Waals surface area contributed by atoms with E-state index in [4.69, 9.17) is 0 Å². The summed E-state index contributed by atoms with van der Waals surface area (Å²) in [5, 5.41) is 5.89. The van der Waals surface area contributed by atoms with Crippen molar-refractivity contribution >= 4 is 27.7 Å². The molecule has 2 rings (SSSR count). The first-order chi connectivity index (χ1) is 12.3. The maximum Gasteiger partial charge on any atom is 0.252 e. The largest absolute Gasteiger partial charge is 0.348 e. The molecular weight excluding hydrogens is 392 g/mol. The summed E-state index contributed by atoms with van der Waals surface area (Å²) in [5.74, 6) is -0.454. The van der Waals surface area contributed by atoms with Gasteiger partial charge in [0.2, 0.25) is 5.91 Å². The van der Waals surface area contributed by atoms with E-state index in [-0.39, 0.29) is 23.8 Å². The lowest BCUT2D eigenvalue weighted by molar-refractivity contribution is -0.124. The zero-order chi connectivity index (χ0) is 19.3. The molecular formula is C21H25BrN2O2. The lowest BCUT2D eigenvalue weighted by Gasteiger charge is -2.25. The summed E-state index contributed by atoms with van der Waals surface area (Å²) >= 11 is 3.51. The summed E-state index contributed by atoms with van der Waals surface area (Å²) in [7, 11) is 0. The van der Waals surface area contributed by atoms with E-state index >= 15 is 0 Å². The van der Waals surface area contributed by atoms with Gasteiger partial charge in [-0.05, 0) is 43.0 Å². The molecule has 0 fully saturated rings. The van der Waals surface area contributed by atoms with Crippen molar-refractivity contribution in [2.45, 2.75) is 39.8 Å².